The van der Waals surface area contributed by atoms with E-state index in [-0.39, 0.29) is 12.5 Å². The van der Waals surface area contributed by atoms with Crippen molar-refractivity contribution in [3.8, 4) is 17.6 Å². The average molecular weight is 366 g/mol. The van der Waals surface area contributed by atoms with Crippen molar-refractivity contribution in [2.45, 2.75) is 38.1 Å². The summed E-state index contributed by atoms with van der Waals surface area (Å²) < 4.78 is 10.6. The lowest BCUT2D eigenvalue weighted by Crippen LogP contribution is -2.55. The molecule has 0 unspecified atom stereocenters. The maximum atomic E-state index is 12.5. The fourth-order valence-corrected chi connectivity index (χ4v) is 5.56. The quantitative estimate of drug-likeness (QED) is 0.782. The molecule has 0 aliphatic heterocycles. The van der Waals surface area contributed by atoms with E-state index in [4.69, 9.17) is 14.7 Å². The van der Waals surface area contributed by atoms with E-state index in [1.54, 1.807) is 31.4 Å². The number of benzene rings is 1. The van der Waals surface area contributed by atoms with Gasteiger partial charge in [0, 0.05) is 12.1 Å². The largest absolute Gasteiger partial charge is 0.493 e. The Balaban J connectivity index is 1.38. The number of hydrogen-bond donors (Lipinski definition) is 1. The van der Waals surface area contributed by atoms with Crippen LogP contribution in [0.4, 0.5) is 0 Å². The van der Waals surface area contributed by atoms with E-state index in [9.17, 15) is 4.79 Å². The van der Waals surface area contributed by atoms with Crippen molar-refractivity contribution in [3.63, 3.8) is 0 Å². The highest BCUT2D eigenvalue weighted by molar-refractivity contribution is 5.92. The third-order valence-corrected chi connectivity index (χ3v) is 6.44. The van der Waals surface area contributed by atoms with Crippen LogP contribution in [0.25, 0.3) is 6.08 Å². The van der Waals surface area contributed by atoms with Gasteiger partial charge in [0.2, 0.25) is 5.91 Å². The lowest BCUT2D eigenvalue weighted by molar-refractivity contribution is -0.120. The number of nitrogens with one attached hydrogen (secondary N) is 1. The third kappa shape index (κ3) is 3.80. The molecule has 0 heterocycles. The van der Waals surface area contributed by atoms with Crippen LogP contribution in [0.5, 0.6) is 11.5 Å². The standard InChI is InChI=1S/C22H26N2O3/c1-26-20-13-14(2-4-19(20)27-7-6-23)3-5-21(25)24-22-17-9-15-8-16(11-17)12-18(22)10-15/h2-5,13,15-18,22H,7-12H2,1H3,(H,24,25)/b5-3+. The van der Waals surface area contributed by atoms with Crippen molar-refractivity contribution in [1.82, 2.24) is 5.32 Å². The Kier molecular flexibility index (Phi) is 5.07. The van der Waals surface area contributed by atoms with Crippen molar-refractivity contribution in [1.29, 1.82) is 5.26 Å². The SMILES string of the molecule is COc1cc(/C=C/C(=O)NC2C3CC4CC(C3)CC2C4)ccc1OCC#N. The van der Waals surface area contributed by atoms with Gasteiger partial charge >= 0.3 is 0 Å². The van der Waals surface area contributed by atoms with Gasteiger partial charge in [-0.25, -0.2) is 0 Å². The summed E-state index contributed by atoms with van der Waals surface area (Å²) in [6, 6.07) is 7.70. The molecule has 1 amide bonds. The molecule has 0 radical (unpaired) electrons. The zero-order valence-electron chi connectivity index (χ0n) is 15.7. The zero-order valence-corrected chi connectivity index (χ0v) is 15.7. The Morgan fingerprint density at radius 3 is 2.52 bits per heavy atom. The maximum Gasteiger partial charge on any atom is 0.244 e. The topological polar surface area (TPSA) is 71.3 Å². The van der Waals surface area contributed by atoms with Gasteiger partial charge < -0.3 is 14.8 Å². The number of rotatable bonds is 6. The molecule has 5 nitrogen and oxygen atoms in total. The van der Waals surface area contributed by atoms with E-state index in [0.717, 1.165) is 17.4 Å². The van der Waals surface area contributed by atoms with Gasteiger partial charge in [0.25, 0.3) is 0 Å². The van der Waals surface area contributed by atoms with E-state index < -0.39 is 0 Å². The molecule has 27 heavy (non-hydrogen) atoms. The van der Waals surface area contributed by atoms with Crippen LogP contribution >= 0.6 is 0 Å². The smallest absolute Gasteiger partial charge is 0.244 e. The van der Waals surface area contributed by atoms with Gasteiger partial charge in [0.1, 0.15) is 6.07 Å². The summed E-state index contributed by atoms with van der Waals surface area (Å²) in [5.41, 5.74) is 0.858. The summed E-state index contributed by atoms with van der Waals surface area (Å²) in [6.07, 6.45) is 10.00. The summed E-state index contributed by atoms with van der Waals surface area (Å²) in [5.74, 6) is 4.22. The second-order valence-corrected chi connectivity index (χ2v) is 8.16. The minimum absolute atomic E-state index is 0.0174. The number of amides is 1. The first-order valence-corrected chi connectivity index (χ1v) is 9.82. The van der Waals surface area contributed by atoms with Crippen LogP contribution in [0.15, 0.2) is 24.3 Å². The first kappa shape index (κ1) is 17.9. The van der Waals surface area contributed by atoms with Gasteiger partial charge in [-0.05, 0) is 79.5 Å². The normalized spacial score (nSPS) is 30.9. The molecular weight excluding hydrogens is 340 g/mol. The molecule has 4 saturated carbocycles. The average Bonchev–Trinajstić information content (AvgIpc) is 2.67. The second kappa shape index (κ2) is 7.64. The van der Waals surface area contributed by atoms with Crippen LogP contribution in [-0.2, 0) is 4.79 Å². The Hall–Kier alpha value is -2.48. The predicted molar refractivity (Wildman–Crippen MR) is 102 cm³/mol. The van der Waals surface area contributed by atoms with E-state index in [0.29, 0.717) is 29.4 Å². The van der Waals surface area contributed by atoms with Gasteiger partial charge in [-0.1, -0.05) is 6.07 Å². The van der Waals surface area contributed by atoms with Crippen molar-refractivity contribution in [2.24, 2.45) is 23.7 Å². The number of nitrogens with zero attached hydrogens (tertiary/aromatic N) is 1. The predicted octanol–water partition coefficient (Wildman–Crippen LogP) is 3.55. The maximum absolute atomic E-state index is 12.5. The molecule has 1 N–H and O–H groups in total. The summed E-state index contributed by atoms with van der Waals surface area (Å²) >= 11 is 0. The summed E-state index contributed by atoms with van der Waals surface area (Å²) in [5, 5.41) is 11.9. The van der Waals surface area contributed by atoms with Crippen molar-refractivity contribution >= 4 is 12.0 Å². The molecule has 1 aromatic carbocycles. The van der Waals surface area contributed by atoms with Crippen LogP contribution < -0.4 is 14.8 Å². The molecule has 1 aromatic rings. The van der Waals surface area contributed by atoms with E-state index in [1.807, 2.05) is 12.1 Å². The van der Waals surface area contributed by atoms with Crippen molar-refractivity contribution in [2.75, 3.05) is 13.7 Å². The van der Waals surface area contributed by atoms with Gasteiger partial charge in [0.05, 0.1) is 7.11 Å². The highest BCUT2D eigenvalue weighted by Gasteiger charge is 2.48. The molecule has 0 aromatic heterocycles. The van der Waals surface area contributed by atoms with Crippen molar-refractivity contribution < 1.29 is 14.3 Å². The highest BCUT2D eigenvalue weighted by Crippen LogP contribution is 2.53. The molecule has 4 bridgehead atoms. The summed E-state index contributed by atoms with van der Waals surface area (Å²) in [6.45, 7) is -0.0284. The highest BCUT2D eigenvalue weighted by atomic mass is 16.5. The lowest BCUT2D eigenvalue weighted by Gasteiger charge is -2.54. The third-order valence-electron chi connectivity index (χ3n) is 6.44. The fraction of sp³-hybridized carbons (Fsp3) is 0.545. The Bertz CT molecular complexity index is 752. The van der Waals surface area contributed by atoms with Gasteiger partial charge in [-0.3, -0.25) is 4.79 Å². The van der Waals surface area contributed by atoms with E-state index in [2.05, 4.69) is 5.32 Å². The first-order chi connectivity index (χ1) is 13.2. The summed E-state index contributed by atoms with van der Waals surface area (Å²) in [4.78, 5) is 12.5. The number of hydrogen-bond acceptors (Lipinski definition) is 4. The number of carbonyl (C=O) groups is 1. The Morgan fingerprint density at radius 2 is 1.89 bits per heavy atom. The number of nitriles is 1. The molecule has 4 fully saturated rings. The molecule has 0 atom stereocenters. The van der Waals surface area contributed by atoms with Crippen LogP contribution in [0.2, 0.25) is 0 Å². The molecule has 0 spiro atoms. The number of carbonyl (C=O) groups excluding carboxylic acids is 1. The van der Waals surface area contributed by atoms with Crippen LogP contribution in [-0.4, -0.2) is 25.7 Å². The minimum atomic E-state index is -0.0284. The number of ether oxygens (including phenoxy) is 2. The zero-order chi connectivity index (χ0) is 18.8. The second-order valence-electron chi connectivity index (χ2n) is 8.16. The van der Waals surface area contributed by atoms with E-state index >= 15 is 0 Å². The molecule has 4 aliphatic rings. The first-order valence-electron chi connectivity index (χ1n) is 9.82. The lowest BCUT2D eigenvalue weighted by atomic mass is 9.54. The number of methoxy groups -OCH3 is 1. The van der Waals surface area contributed by atoms with Gasteiger partial charge in [0.15, 0.2) is 18.1 Å². The molecule has 5 heteroatoms. The Labute approximate surface area is 160 Å². The van der Waals surface area contributed by atoms with E-state index in [1.165, 1.54) is 32.1 Å². The van der Waals surface area contributed by atoms with Crippen LogP contribution in [0.1, 0.15) is 37.7 Å². The minimum Gasteiger partial charge on any atom is -0.493 e. The molecular formula is C22H26N2O3. The molecule has 4 aliphatic carbocycles. The Morgan fingerprint density at radius 1 is 1.19 bits per heavy atom. The molecule has 0 saturated heterocycles. The monoisotopic (exact) mass is 366 g/mol. The molecule has 5 rings (SSSR count). The molecule has 142 valence electrons. The van der Waals surface area contributed by atoms with Gasteiger partial charge in [-0.2, -0.15) is 5.26 Å². The van der Waals surface area contributed by atoms with Crippen LogP contribution in [0, 0.1) is 35.0 Å². The fourth-order valence-electron chi connectivity index (χ4n) is 5.56. The van der Waals surface area contributed by atoms with Crippen molar-refractivity contribution in [3.05, 3.63) is 29.8 Å². The van der Waals surface area contributed by atoms with Crippen LogP contribution in [0.3, 0.4) is 0 Å². The van der Waals surface area contributed by atoms with Gasteiger partial charge in [-0.15, -0.1) is 0 Å². The summed E-state index contributed by atoms with van der Waals surface area (Å²) in [7, 11) is 1.56.